The van der Waals surface area contributed by atoms with E-state index in [1.807, 2.05) is 6.92 Å². The van der Waals surface area contributed by atoms with Gasteiger partial charge in [0.1, 0.15) is 0 Å². The lowest BCUT2D eigenvalue weighted by molar-refractivity contribution is 0.293. The van der Waals surface area contributed by atoms with Crippen molar-refractivity contribution in [2.75, 3.05) is 20.3 Å². The molecule has 1 aliphatic heterocycles. The van der Waals surface area contributed by atoms with Crippen LogP contribution in [0.1, 0.15) is 31.7 Å². The highest BCUT2D eigenvalue weighted by atomic mass is 19.1. The standard InChI is InChI=1S/C15H20FNO3/c1-9(17)15(4-5-15)12-13(18-2)10(16)8-11-14(12)20-7-3-6-19-11/h8-9H,3-7,17H2,1-2H3. The molecule has 5 heteroatoms. The van der Waals surface area contributed by atoms with E-state index < -0.39 is 5.82 Å². The fraction of sp³-hybridized carbons (Fsp3) is 0.600. The molecule has 2 N–H and O–H groups in total. The van der Waals surface area contributed by atoms with Gasteiger partial charge < -0.3 is 19.9 Å². The molecule has 0 saturated heterocycles. The SMILES string of the molecule is COc1c(F)cc2c(c1C1(C(C)N)CC1)OCCCO2. The fourth-order valence-corrected chi connectivity index (χ4v) is 2.98. The highest BCUT2D eigenvalue weighted by Gasteiger charge is 2.52. The molecule has 0 aromatic heterocycles. The summed E-state index contributed by atoms with van der Waals surface area (Å²) in [5.74, 6) is 0.890. The molecule has 0 amide bonds. The van der Waals surface area contributed by atoms with Crippen molar-refractivity contribution >= 4 is 0 Å². The third-order valence-corrected chi connectivity index (χ3v) is 4.31. The molecule has 1 fully saturated rings. The summed E-state index contributed by atoms with van der Waals surface area (Å²) >= 11 is 0. The van der Waals surface area contributed by atoms with Crippen LogP contribution in [-0.4, -0.2) is 26.4 Å². The molecule has 0 radical (unpaired) electrons. The van der Waals surface area contributed by atoms with Crippen LogP contribution < -0.4 is 19.9 Å². The zero-order valence-electron chi connectivity index (χ0n) is 11.9. The van der Waals surface area contributed by atoms with Crippen LogP contribution in [0.25, 0.3) is 0 Å². The zero-order valence-corrected chi connectivity index (χ0v) is 11.9. The molecule has 1 unspecified atom stereocenters. The fourth-order valence-electron chi connectivity index (χ4n) is 2.98. The van der Waals surface area contributed by atoms with E-state index in [4.69, 9.17) is 19.9 Å². The van der Waals surface area contributed by atoms with Crippen LogP contribution >= 0.6 is 0 Å². The first-order chi connectivity index (χ1) is 9.60. The number of methoxy groups -OCH3 is 1. The van der Waals surface area contributed by atoms with Crippen LogP contribution in [0.3, 0.4) is 0 Å². The van der Waals surface area contributed by atoms with Crippen molar-refractivity contribution in [1.82, 2.24) is 0 Å². The maximum atomic E-state index is 14.3. The van der Waals surface area contributed by atoms with Gasteiger partial charge in [0.15, 0.2) is 23.1 Å². The summed E-state index contributed by atoms with van der Waals surface area (Å²) in [7, 11) is 1.48. The minimum Gasteiger partial charge on any atom is -0.493 e. The van der Waals surface area contributed by atoms with Gasteiger partial charge in [-0.05, 0) is 19.8 Å². The average molecular weight is 281 g/mol. The number of halogens is 1. The van der Waals surface area contributed by atoms with Crippen molar-refractivity contribution in [1.29, 1.82) is 0 Å². The average Bonchev–Trinajstić information content (AvgIpc) is 3.21. The Kier molecular flexibility index (Phi) is 3.24. The highest BCUT2D eigenvalue weighted by Crippen LogP contribution is 2.59. The second-order valence-corrected chi connectivity index (χ2v) is 5.59. The van der Waals surface area contributed by atoms with E-state index in [-0.39, 0.29) is 17.2 Å². The smallest absolute Gasteiger partial charge is 0.169 e. The van der Waals surface area contributed by atoms with E-state index in [1.54, 1.807) is 0 Å². The van der Waals surface area contributed by atoms with Gasteiger partial charge in [0.05, 0.1) is 25.9 Å². The Balaban J connectivity index is 2.22. The molecule has 4 nitrogen and oxygen atoms in total. The Morgan fingerprint density at radius 2 is 2.05 bits per heavy atom. The van der Waals surface area contributed by atoms with Crippen LogP contribution in [0.2, 0.25) is 0 Å². The van der Waals surface area contributed by atoms with Gasteiger partial charge in [-0.3, -0.25) is 0 Å². The summed E-state index contributed by atoms with van der Waals surface area (Å²) in [5, 5.41) is 0. The van der Waals surface area contributed by atoms with Gasteiger partial charge in [-0.25, -0.2) is 4.39 Å². The molecule has 110 valence electrons. The lowest BCUT2D eigenvalue weighted by Crippen LogP contribution is -2.32. The van der Waals surface area contributed by atoms with Gasteiger partial charge in [0, 0.05) is 23.9 Å². The van der Waals surface area contributed by atoms with Crippen molar-refractivity contribution in [2.24, 2.45) is 5.73 Å². The van der Waals surface area contributed by atoms with E-state index in [9.17, 15) is 4.39 Å². The van der Waals surface area contributed by atoms with E-state index in [1.165, 1.54) is 13.2 Å². The van der Waals surface area contributed by atoms with E-state index >= 15 is 0 Å². The summed E-state index contributed by atoms with van der Waals surface area (Å²) in [6, 6.07) is 1.26. The molecular formula is C15H20FNO3. The maximum absolute atomic E-state index is 14.3. The summed E-state index contributed by atoms with van der Waals surface area (Å²) in [5.41, 5.74) is 6.62. The quantitative estimate of drug-likeness (QED) is 0.924. The Morgan fingerprint density at radius 1 is 1.35 bits per heavy atom. The molecule has 1 aliphatic carbocycles. The Labute approximate surface area is 118 Å². The Morgan fingerprint density at radius 3 is 2.65 bits per heavy atom. The highest BCUT2D eigenvalue weighted by molar-refractivity contribution is 5.60. The summed E-state index contributed by atoms with van der Waals surface area (Å²) in [6.07, 6.45) is 2.61. The predicted molar refractivity (Wildman–Crippen MR) is 73.1 cm³/mol. The first kappa shape index (κ1) is 13.5. The number of fused-ring (bicyclic) bond motifs is 1. The molecule has 0 spiro atoms. The number of rotatable bonds is 3. The third kappa shape index (κ3) is 1.92. The number of hydrogen-bond acceptors (Lipinski definition) is 4. The van der Waals surface area contributed by atoms with Crippen LogP contribution in [0.5, 0.6) is 17.2 Å². The van der Waals surface area contributed by atoms with Crippen molar-refractivity contribution in [3.63, 3.8) is 0 Å². The molecule has 1 atom stereocenters. The molecule has 2 aliphatic rings. The second-order valence-electron chi connectivity index (χ2n) is 5.59. The normalized spacial score (nSPS) is 21.0. The topological polar surface area (TPSA) is 53.7 Å². The van der Waals surface area contributed by atoms with Crippen LogP contribution in [0, 0.1) is 5.82 Å². The summed E-state index contributed by atoms with van der Waals surface area (Å²) in [6.45, 7) is 3.04. The van der Waals surface area contributed by atoms with Crippen LogP contribution in [-0.2, 0) is 5.41 Å². The van der Waals surface area contributed by atoms with Crippen LogP contribution in [0.15, 0.2) is 6.07 Å². The summed E-state index contributed by atoms with van der Waals surface area (Å²) < 4.78 is 31.0. The molecular weight excluding hydrogens is 261 g/mol. The van der Waals surface area contributed by atoms with Crippen molar-refractivity contribution in [3.8, 4) is 17.2 Å². The Hall–Kier alpha value is -1.49. The molecule has 1 aromatic rings. The number of hydrogen-bond donors (Lipinski definition) is 1. The van der Waals surface area contributed by atoms with Gasteiger partial charge in [0.25, 0.3) is 0 Å². The molecule has 3 rings (SSSR count). The largest absolute Gasteiger partial charge is 0.493 e. The third-order valence-electron chi connectivity index (χ3n) is 4.31. The number of nitrogens with two attached hydrogens (primary N) is 1. The van der Waals surface area contributed by atoms with Crippen molar-refractivity contribution in [2.45, 2.75) is 37.6 Å². The van der Waals surface area contributed by atoms with Gasteiger partial charge in [-0.15, -0.1) is 0 Å². The van der Waals surface area contributed by atoms with Gasteiger partial charge >= 0.3 is 0 Å². The monoisotopic (exact) mass is 281 g/mol. The van der Waals surface area contributed by atoms with Gasteiger partial charge in [-0.1, -0.05) is 0 Å². The minimum absolute atomic E-state index is 0.0887. The summed E-state index contributed by atoms with van der Waals surface area (Å²) in [4.78, 5) is 0. The minimum atomic E-state index is -0.418. The Bertz CT molecular complexity index is 526. The number of benzene rings is 1. The van der Waals surface area contributed by atoms with E-state index in [0.717, 1.165) is 24.8 Å². The van der Waals surface area contributed by atoms with Crippen LogP contribution in [0.4, 0.5) is 4.39 Å². The van der Waals surface area contributed by atoms with Gasteiger partial charge in [0.2, 0.25) is 0 Å². The van der Waals surface area contributed by atoms with Gasteiger partial charge in [-0.2, -0.15) is 0 Å². The van der Waals surface area contributed by atoms with E-state index in [0.29, 0.717) is 24.7 Å². The lowest BCUT2D eigenvalue weighted by atomic mass is 9.87. The molecule has 1 aromatic carbocycles. The lowest BCUT2D eigenvalue weighted by Gasteiger charge is -2.26. The van der Waals surface area contributed by atoms with Crippen molar-refractivity contribution in [3.05, 3.63) is 17.4 Å². The first-order valence-corrected chi connectivity index (χ1v) is 7.02. The van der Waals surface area contributed by atoms with E-state index in [2.05, 4.69) is 0 Å². The molecule has 0 bridgehead atoms. The maximum Gasteiger partial charge on any atom is 0.169 e. The molecule has 1 saturated carbocycles. The first-order valence-electron chi connectivity index (χ1n) is 7.02. The predicted octanol–water partition coefficient (Wildman–Crippen LogP) is 2.37. The molecule has 20 heavy (non-hydrogen) atoms. The molecule has 1 heterocycles. The number of ether oxygens (including phenoxy) is 3. The second kappa shape index (κ2) is 4.81. The zero-order chi connectivity index (χ0) is 14.3. The van der Waals surface area contributed by atoms with Crippen molar-refractivity contribution < 1.29 is 18.6 Å².